The van der Waals surface area contributed by atoms with Crippen LogP contribution in [0.1, 0.15) is 83.6 Å². The summed E-state index contributed by atoms with van der Waals surface area (Å²) in [7, 11) is 0. The highest BCUT2D eigenvalue weighted by atomic mass is 19.3. The molecule has 0 bridgehead atoms. The summed E-state index contributed by atoms with van der Waals surface area (Å²) in [6.07, 6.45) is 15.1. The quantitative estimate of drug-likeness (QED) is 0.119. The van der Waals surface area contributed by atoms with Crippen molar-refractivity contribution in [3.63, 3.8) is 0 Å². The number of benzene rings is 1. The van der Waals surface area contributed by atoms with Crippen LogP contribution in [-0.2, 0) is 11.2 Å². The molecule has 2 rings (SSSR count). The number of aromatic nitrogens is 2. The van der Waals surface area contributed by atoms with Gasteiger partial charge in [0.2, 0.25) is 0 Å². The average molecular weight is 563 g/mol. The van der Waals surface area contributed by atoms with E-state index in [0.717, 1.165) is 24.8 Å². The fourth-order valence-electron chi connectivity index (χ4n) is 3.87. The molecule has 0 aliphatic heterocycles. The van der Waals surface area contributed by atoms with Crippen molar-refractivity contribution in [1.29, 1.82) is 0 Å². The van der Waals surface area contributed by atoms with Gasteiger partial charge in [0.15, 0.2) is 12.4 Å². The third-order valence-electron chi connectivity index (χ3n) is 6.40. The normalized spacial score (nSPS) is 12.6. The van der Waals surface area contributed by atoms with Gasteiger partial charge in [0.25, 0.3) is 0 Å². The van der Waals surface area contributed by atoms with Crippen LogP contribution in [0.4, 0.5) is 26.3 Å². The van der Waals surface area contributed by atoms with Crippen LogP contribution < -0.4 is 4.74 Å². The van der Waals surface area contributed by atoms with Crippen molar-refractivity contribution >= 4 is 0 Å². The molecule has 10 heteroatoms. The first-order valence-electron chi connectivity index (χ1n) is 13.8. The van der Waals surface area contributed by atoms with Gasteiger partial charge < -0.3 is 9.47 Å². The van der Waals surface area contributed by atoms with Gasteiger partial charge in [-0.1, -0.05) is 65.2 Å². The molecule has 1 heterocycles. The zero-order valence-electron chi connectivity index (χ0n) is 22.8. The maximum absolute atomic E-state index is 14.1. The molecule has 0 aliphatic rings. The van der Waals surface area contributed by atoms with E-state index in [1.54, 1.807) is 19.3 Å². The molecule has 0 unspecified atom stereocenters. The predicted molar refractivity (Wildman–Crippen MR) is 140 cm³/mol. The van der Waals surface area contributed by atoms with Crippen LogP contribution in [0.3, 0.4) is 0 Å². The highest BCUT2D eigenvalue weighted by molar-refractivity contribution is 5.55. The Balaban J connectivity index is 1.84. The number of hydrogen-bond acceptors (Lipinski definition) is 4. The molecule has 0 fully saturated rings. The van der Waals surface area contributed by atoms with Crippen LogP contribution in [-0.4, -0.2) is 47.6 Å². The summed E-state index contributed by atoms with van der Waals surface area (Å²) in [6, 6.07) is 5.51. The Kier molecular flexibility index (Phi) is 13.5. The second kappa shape index (κ2) is 16.0. The molecule has 0 radical (unpaired) electrons. The molecular formula is C29H40F6N2O2. The highest BCUT2D eigenvalue weighted by Crippen LogP contribution is 2.46. The number of unbranched alkanes of at least 4 members (excludes halogenated alkanes) is 8. The zero-order chi connectivity index (χ0) is 28.8. The van der Waals surface area contributed by atoms with Gasteiger partial charge in [-0.25, -0.2) is 9.97 Å². The van der Waals surface area contributed by atoms with Crippen molar-refractivity contribution in [3.05, 3.63) is 42.2 Å². The standard InChI is InChI=1S/C29H40F6N2O2/c1-3-5-7-8-9-10-11-12-13-23-19-36-26(37-20-23)24-14-16-25(17-15-24)39-22-28(32,33)29(34,35)27(30,31)21-38-18-6-4-2/h14-17,19-20H,3-13,18,21-22H2,1-2H3. The summed E-state index contributed by atoms with van der Waals surface area (Å²) < 4.78 is 93.1. The number of nitrogens with zero attached hydrogens (tertiary/aromatic N) is 2. The van der Waals surface area contributed by atoms with Crippen LogP contribution in [0.15, 0.2) is 36.7 Å². The summed E-state index contributed by atoms with van der Waals surface area (Å²) in [5, 5.41) is 0. The minimum absolute atomic E-state index is 0.178. The Labute approximate surface area is 227 Å². The molecule has 0 spiro atoms. The molecule has 0 saturated heterocycles. The first-order chi connectivity index (χ1) is 18.5. The number of aryl methyl sites for hydroxylation is 1. The van der Waals surface area contributed by atoms with Crippen molar-refractivity contribution in [1.82, 2.24) is 9.97 Å². The van der Waals surface area contributed by atoms with E-state index in [9.17, 15) is 26.3 Å². The van der Waals surface area contributed by atoms with Crippen molar-refractivity contribution in [3.8, 4) is 17.1 Å². The van der Waals surface area contributed by atoms with Gasteiger partial charge in [0.05, 0.1) is 0 Å². The van der Waals surface area contributed by atoms with E-state index in [2.05, 4.69) is 21.6 Å². The van der Waals surface area contributed by atoms with E-state index in [1.807, 2.05) is 0 Å². The summed E-state index contributed by atoms with van der Waals surface area (Å²) in [5.74, 6) is -15.6. The number of rotatable bonds is 20. The van der Waals surface area contributed by atoms with Crippen molar-refractivity contribution in [2.24, 2.45) is 0 Å². The number of alkyl halides is 6. The largest absolute Gasteiger partial charge is 0.487 e. The topological polar surface area (TPSA) is 44.2 Å². The van der Waals surface area contributed by atoms with Crippen molar-refractivity contribution in [2.45, 2.75) is 102 Å². The van der Waals surface area contributed by atoms with Gasteiger partial charge in [0.1, 0.15) is 12.4 Å². The zero-order valence-corrected chi connectivity index (χ0v) is 22.8. The lowest BCUT2D eigenvalue weighted by Gasteiger charge is -2.32. The molecule has 220 valence electrons. The Morgan fingerprint density at radius 2 is 1.21 bits per heavy atom. The molecular weight excluding hydrogens is 522 g/mol. The lowest BCUT2D eigenvalue weighted by molar-refractivity contribution is -0.324. The van der Waals surface area contributed by atoms with Gasteiger partial charge in [-0.2, -0.15) is 26.3 Å². The van der Waals surface area contributed by atoms with Gasteiger partial charge in [0, 0.05) is 24.6 Å². The third-order valence-corrected chi connectivity index (χ3v) is 6.40. The minimum Gasteiger partial charge on any atom is -0.487 e. The monoisotopic (exact) mass is 562 g/mol. The number of halogens is 6. The second-order valence-corrected chi connectivity index (χ2v) is 9.84. The molecule has 0 amide bonds. The molecule has 1 aromatic carbocycles. The predicted octanol–water partition coefficient (Wildman–Crippen LogP) is 8.93. The molecule has 0 aliphatic carbocycles. The SMILES string of the molecule is CCCCCCCCCCc1cnc(-c2ccc(OCC(F)(F)C(F)(F)C(F)(F)COCCCC)cc2)nc1. The minimum atomic E-state index is -5.66. The molecule has 4 nitrogen and oxygen atoms in total. The lowest BCUT2D eigenvalue weighted by atomic mass is 10.1. The van der Waals surface area contributed by atoms with Gasteiger partial charge in [-0.15, -0.1) is 0 Å². The van der Waals surface area contributed by atoms with Crippen LogP contribution in [0.5, 0.6) is 5.75 Å². The van der Waals surface area contributed by atoms with Crippen molar-refractivity contribution in [2.75, 3.05) is 19.8 Å². The summed E-state index contributed by atoms with van der Waals surface area (Å²) in [5.41, 5.74) is 1.58. The Bertz CT molecular complexity index is 940. The van der Waals surface area contributed by atoms with Crippen molar-refractivity contribution < 1.29 is 35.8 Å². The van der Waals surface area contributed by atoms with E-state index in [1.165, 1.54) is 62.8 Å². The Morgan fingerprint density at radius 3 is 1.79 bits per heavy atom. The van der Waals surface area contributed by atoms with Crippen LogP contribution >= 0.6 is 0 Å². The summed E-state index contributed by atoms with van der Waals surface area (Å²) in [6.45, 7) is 0.00402. The first-order valence-corrected chi connectivity index (χ1v) is 13.8. The summed E-state index contributed by atoms with van der Waals surface area (Å²) in [4.78, 5) is 8.68. The van der Waals surface area contributed by atoms with Gasteiger partial charge in [-0.3, -0.25) is 0 Å². The Hall–Kier alpha value is -2.36. The lowest BCUT2D eigenvalue weighted by Crippen LogP contribution is -2.58. The highest BCUT2D eigenvalue weighted by Gasteiger charge is 2.71. The maximum Gasteiger partial charge on any atom is 0.377 e. The van der Waals surface area contributed by atoms with E-state index in [0.29, 0.717) is 24.2 Å². The van der Waals surface area contributed by atoms with E-state index >= 15 is 0 Å². The molecule has 0 saturated carbocycles. The number of ether oxygens (including phenoxy) is 2. The molecule has 0 atom stereocenters. The van der Waals surface area contributed by atoms with Gasteiger partial charge >= 0.3 is 17.8 Å². The molecule has 0 N–H and O–H groups in total. The second-order valence-electron chi connectivity index (χ2n) is 9.84. The maximum atomic E-state index is 14.1. The molecule has 1 aromatic heterocycles. The van der Waals surface area contributed by atoms with E-state index in [-0.39, 0.29) is 12.4 Å². The summed E-state index contributed by atoms with van der Waals surface area (Å²) >= 11 is 0. The average Bonchev–Trinajstić information content (AvgIpc) is 2.92. The Morgan fingerprint density at radius 1 is 0.667 bits per heavy atom. The van der Waals surface area contributed by atoms with E-state index in [4.69, 9.17) is 4.74 Å². The van der Waals surface area contributed by atoms with E-state index < -0.39 is 31.0 Å². The smallest absolute Gasteiger partial charge is 0.377 e. The first kappa shape index (κ1) is 32.8. The van der Waals surface area contributed by atoms with Crippen LogP contribution in [0.2, 0.25) is 0 Å². The fraction of sp³-hybridized carbons (Fsp3) is 0.655. The molecule has 39 heavy (non-hydrogen) atoms. The van der Waals surface area contributed by atoms with Crippen LogP contribution in [0, 0.1) is 0 Å². The van der Waals surface area contributed by atoms with Crippen LogP contribution in [0.25, 0.3) is 11.4 Å². The van der Waals surface area contributed by atoms with Gasteiger partial charge in [-0.05, 0) is 49.1 Å². The fourth-order valence-corrected chi connectivity index (χ4v) is 3.87. The third kappa shape index (κ3) is 10.3. The molecule has 2 aromatic rings. The number of hydrogen-bond donors (Lipinski definition) is 0.